The lowest BCUT2D eigenvalue weighted by molar-refractivity contribution is -0.388. The minimum absolute atomic E-state index is 0.0648. The Bertz CT molecular complexity index is 533. The van der Waals surface area contributed by atoms with Crippen LogP contribution in [0.3, 0.4) is 0 Å². The Labute approximate surface area is 122 Å². The summed E-state index contributed by atoms with van der Waals surface area (Å²) in [6.07, 6.45) is 1.45. The topological polar surface area (TPSA) is 87.8 Å². The summed E-state index contributed by atoms with van der Waals surface area (Å²) in [7, 11) is 5.21. The Morgan fingerprint density at radius 1 is 1.38 bits per heavy atom. The summed E-state index contributed by atoms with van der Waals surface area (Å²) in [5.41, 5.74) is 0. The maximum Gasteiger partial charge on any atom is 0.406 e. The van der Waals surface area contributed by atoms with E-state index in [1.807, 2.05) is 4.90 Å². The Hall–Kier alpha value is -2.16. The van der Waals surface area contributed by atoms with E-state index in [0.717, 1.165) is 0 Å². The van der Waals surface area contributed by atoms with Crippen molar-refractivity contribution in [3.05, 3.63) is 16.4 Å². The molecule has 0 radical (unpaired) electrons. The van der Waals surface area contributed by atoms with E-state index in [-0.39, 0.29) is 11.7 Å². The number of hydrogen-bond donors (Lipinski definition) is 0. The van der Waals surface area contributed by atoms with Gasteiger partial charge in [0.2, 0.25) is 18.1 Å². The molecule has 0 saturated carbocycles. The number of rotatable bonds is 4. The van der Waals surface area contributed by atoms with E-state index < -0.39 is 4.92 Å². The average molecular weight is 296 g/mol. The van der Waals surface area contributed by atoms with Gasteiger partial charge in [-0.3, -0.25) is 14.3 Å². The van der Waals surface area contributed by atoms with Crippen LogP contribution in [0.4, 0.5) is 11.6 Å². The van der Waals surface area contributed by atoms with E-state index in [2.05, 4.69) is 9.88 Å². The third-order valence-electron chi connectivity index (χ3n) is 3.59. The van der Waals surface area contributed by atoms with Gasteiger partial charge in [0.15, 0.2) is 0 Å². The summed E-state index contributed by atoms with van der Waals surface area (Å²) in [5, 5.41) is 11.0. The van der Waals surface area contributed by atoms with E-state index in [9.17, 15) is 14.9 Å². The van der Waals surface area contributed by atoms with Crippen LogP contribution in [-0.2, 0) is 11.8 Å². The maximum atomic E-state index is 11.7. The molecule has 2 rings (SSSR count). The average Bonchev–Trinajstić information content (AvgIpc) is 2.81. The first-order valence-electron chi connectivity index (χ1n) is 6.73. The van der Waals surface area contributed by atoms with Crippen LogP contribution in [0.25, 0.3) is 0 Å². The number of likely N-dealkylation sites (N-methyl/N-ethyl adjacent to an activating group) is 1. The van der Waals surface area contributed by atoms with Crippen LogP contribution in [0.5, 0.6) is 0 Å². The third-order valence-corrected chi connectivity index (χ3v) is 3.59. The van der Waals surface area contributed by atoms with Gasteiger partial charge in [-0.1, -0.05) is 0 Å². The monoisotopic (exact) mass is 296 g/mol. The van der Waals surface area contributed by atoms with Crippen LogP contribution in [0.2, 0.25) is 0 Å². The highest BCUT2D eigenvalue weighted by molar-refractivity contribution is 5.77. The lowest BCUT2D eigenvalue weighted by Gasteiger charge is -2.35. The van der Waals surface area contributed by atoms with Crippen molar-refractivity contribution in [2.24, 2.45) is 7.05 Å². The highest BCUT2D eigenvalue weighted by Gasteiger charge is 2.28. The standard InChI is InChI=1S/C12H20N6O3/c1-14(2)10(19)8-16-4-6-17(7-5-16)12-11(18(20)21)13-9-15(12)3/h9H,4-8H2,1-3H3. The Balaban J connectivity index is 2.00. The highest BCUT2D eigenvalue weighted by atomic mass is 16.6. The molecule has 0 atom stereocenters. The first-order valence-corrected chi connectivity index (χ1v) is 6.73. The van der Waals surface area contributed by atoms with E-state index in [0.29, 0.717) is 38.5 Å². The van der Waals surface area contributed by atoms with Crippen LogP contribution in [-0.4, -0.2) is 77.0 Å². The normalized spacial score (nSPS) is 16.0. The van der Waals surface area contributed by atoms with Crippen molar-refractivity contribution in [3.8, 4) is 0 Å². The molecule has 116 valence electrons. The zero-order chi connectivity index (χ0) is 15.6. The second kappa shape index (κ2) is 6.08. The van der Waals surface area contributed by atoms with Gasteiger partial charge in [-0.2, -0.15) is 0 Å². The molecule has 0 unspecified atom stereocenters. The quantitative estimate of drug-likeness (QED) is 0.552. The number of piperazine rings is 1. The molecule has 9 heteroatoms. The fourth-order valence-corrected chi connectivity index (χ4v) is 2.36. The molecule has 0 spiro atoms. The SMILES string of the molecule is CN(C)C(=O)CN1CCN(c2c([N+](=O)[O-])ncn2C)CC1. The second-order valence-corrected chi connectivity index (χ2v) is 5.31. The molecule has 0 aliphatic carbocycles. The van der Waals surface area contributed by atoms with Gasteiger partial charge in [-0.05, 0) is 9.91 Å². The number of amides is 1. The van der Waals surface area contributed by atoms with Crippen molar-refractivity contribution < 1.29 is 9.72 Å². The molecule has 2 heterocycles. The first kappa shape index (κ1) is 15.2. The predicted molar refractivity (Wildman–Crippen MR) is 77.2 cm³/mol. The van der Waals surface area contributed by atoms with E-state index in [1.165, 1.54) is 6.33 Å². The third kappa shape index (κ3) is 3.30. The number of imidazole rings is 1. The number of aryl methyl sites for hydroxylation is 1. The van der Waals surface area contributed by atoms with Gasteiger partial charge in [0.1, 0.15) is 0 Å². The van der Waals surface area contributed by atoms with Crippen molar-refractivity contribution in [3.63, 3.8) is 0 Å². The van der Waals surface area contributed by atoms with Crippen molar-refractivity contribution in [2.75, 3.05) is 51.7 Å². The number of anilines is 1. The van der Waals surface area contributed by atoms with Gasteiger partial charge in [0, 0.05) is 47.3 Å². The van der Waals surface area contributed by atoms with E-state index >= 15 is 0 Å². The number of hydrogen-bond acceptors (Lipinski definition) is 6. The molecule has 1 aliphatic heterocycles. The fraction of sp³-hybridized carbons (Fsp3) is 0.667. The number of aromatic nitrogens is 2. The molecular weight excluding hydrogens is 276 g/mol. The van der Waals surface area contributed by atoms with Crippen molar-refractivity contribution >= 4 is 17.5 Å². The van der Waals surface area contributed by atoms with Gasteiger partial charge in [0.05, 0.1) is 6.54 Å². The molecule has 1 amide bonds. The molecule has 0 N–H and O–H groups in total. The fourth-order valence-electron chi connectivity index (χ4n) is 2.36. The zero-order valence-electron chi connectivity index (χ0n) is 12.5. The van der Waals surface area contributed by atoms with Crippen molar-refractivity contribution in [1.29, 1.82) is 0 Å². The molecule has 0 bridgehead atoms. The Kier molecular flexibility index (Phi) is 4.41. The van der Waals surface area contributed by atoms with Crippen LogP contribution in [0.15, 0.2) is 6.33 Å². The number of carbonyl (C=O) groups excluding carboxylic acids is 1. The van der Waals surface area contributed by atoms with Crippen molar-refractivity contribution in [1.82, 2.24) is 19.4 Å². The predicted octanol–water partition coefficient (Wildman–Crippen LogP) is -0.461. The van der Waals surface area contributed by atoms with Crippen LogP contribution < -0.4 is 4.90 Å². The Morgan fingerprint density at radius 2 is 2.00 bits per heavy atom. The minimum Gasteiger partial charge on any atom is -0.358 e. The number of carbonyl (C=O) groups is 1. The summed E-state index contributed by atoms with van der Waals surface area (Å²) in [5.74, 6) is 0.476. The van der Waals surface area contributed by atoms with Gasteiger partial charge < -0.3 is 19.9 Å². The van der Waals surface area contributed by atoms with Gasteiger partial charge in [0.25, 0.3) is 0 Å². The van der Waals surface area contributed by atoms with Gasteiger partial charge >= 0.3 is 5.82 Å². The number of nitrogens with zero attached hydrogens (tertiary/aromatic N) is 6. The summed E-state index contributed by atoms with van der Waals surface area (Å²) >= 11 is 0. The van der Waals surface area contributed by atoms with E-state index in [4.69, 9.17) is 0 Å². The minimum atomic E-state index is -0.461. The first-order chi connectivity index (χ1) is 9.90. The summed E-state index contributed by atoms with van der Waals surface area (Å²) in [4.78, 5) is 31.6. The Morgan fingerprint density at radius 3 is 2.52 bits per heavy atom. The molecule has 1 aromatic heterocycles. The molecular formula is C12H20N6O3. The van der Waals surface area contributed by atoms with E-state index in [1.54, 1.807) is 30.6 Å². The second-order valence-electron chi connectivity index (χ2n) is 5.31. The summed E-state index contributed by atoms with van der Waals surface area (Å²) in [6.45, 7) is 3.06. The molecule has 9 nitrogen and oxygen atoms in total. The largest absolute Gasteiger partial charge is 0.406 e. The summed E-state index contributed by atoms with van der Waals surface area (Å²) in [6, 6.07) is 0. The maximum absolute atomic E-state index is 11.7. The smallest absolute Gasteiger partial charge is 0.358 e. The molecule has 0 aromatic carbocycles. The molecule has 1 aliphatic rings. The molecule has 1 aromatic rings. The van der Waals surface area contributed by atoms with Crippen LogP contribution >= 0.6 is 0 Å². The lowest BCUT2D eigenvalue weighted by atomic mass is 10.3. The van der Waals surface area contributed by atoms with Crippen LogP contribution in [0.1, 0.15) is 0 Å². The van der Waals surface area contributed by atoms with Crippen molar-refractivity contribution in [2.45, 2.75) is 0 Å². The summed E-state index contributed by atoms with van der Waals surface area (Å²) < 4.78 is 1.67. The molecule has 21 heavy (non-hydrogen) atoms. The lowest BCUT2D eigenvalue weighted by Crippen LogP contribution is -2.49. The molecule has 1 fully saturated rings. The van der Waals surface area contributed by atoms with Gasteiger partial charge in [-0.15, -0.1) is 0 Å². The highest BCUT2D eigenvalue weighted by Crippen LogP contribution is 2.26. The van der Waals surface area contributed by atoms with Crippen LogP contribution in [0, 0.1) is 10.1 Å². The van der Waals surface area contributed by atoms with Gasteiger partial charge in [-0.25, -0.2) is 0 Å². The zero-order valence-corrected chi connectivity index (χ0v) is 12.5. The molecule has 1 saturated heterocycles. The number of nitro groups is 1.